The summed E-state index contributed by atoms with van der Waals surface area (Å²) in [6.45, 7) is 3.24. The van der Waals surface area contributed by atoms with Crippen molar-refractivity contribution in [2.75, 3.05) is 6.54 Å². The maximum atomic E-state index is 12.4. The number of nitro groups is 1. The van der Waals surface area contributed by atoms with Crippen molar-refractivity contribution in [3.05, 3.63) is 76.5 Å². The maximum absolute atomic E-state index is 12.4. The lowest BCUT2D eigenvalue weighted by Crippen LogP contribution is -2.32. The quantitative estimate of drug-likeness (QED) is 0.339. The molecule has 0 radical (unpaired) electrons. The van der Waals surface area contributed by atoms with Crippen molar-refractivity contribution < 1.29 is 19.2 Å². The minimum atomic E-state index is -0.515. The number of esters is 1. The number of rotatable bonds is 8. The Bertz CT molecular complexity index is 1080. The molecule has 0 saturated carbocycles. The summed E-state index contributed by atoms with van der Waals surface area (Å²) >= 11 is 0. The van der Waals surface area contributed by atoms with Crippen molar-refractivity contribution in [1.82, 2.24) is 15.1 Å². The molecule has 1 amide bonds. The molecule has 3 aromatic rings. The van der Waals surface area contributed by atoms with Gasteiger partial charge in [0.25, 0.3) is 5.69 Å². The van der Waals surface area contributed by atoms with Gasteiger partial charge in [0.1, 0.15) is 6.54 Å². The highest BCUT2D eigenvalue weighted by Gasteiger charge is 2.17. The highest BCUT2D eigenvalue weighted by Crippen LogP contribution is 2.26. The summed E-state index contributed by atoms with van der Waals surface area (Å²) in [5.41, 5.74) is 2.56. The third-order valence-electron chi connectivity index (χ3n) is 4.31. The number of amides is 1. The van der Waals surface area contributed by atoms with Gasteiger partial charge >= 0.3 is 5.97 Å². The molecule has 1 heterocycles. The van der Waals surface area contributed by atoms with Gasteiger partial charge in [0.15, 0.2) is 0 Å². The molecule has 0 fully saturated rings. The third kappa shape index (κ3) is 5.75. The van der Waals surface area contributed by atoms with Crippen LogP contribution in [0.15, 0.2) is 60.8 Å². The van der Waals surface area contributed by atoms with Crippen LogP contribution in [-0.4, -0.2) is 39.2 Å². The molecular weight excluding hydrogens is 400 g/mol. The predicted octanol–water partition coefficient (Wildman–Crippen LogP) is 3.06. The number of hydrogen-bond acceptors (Lipinski definition) is 6. The maximum Gasteiger partial charge on any atom is 0.325 e. The van der Waals surface area contributed by atoms with E-state index in [2.05, 4.69) is 10.4 Å². The van der Waals surface area contributed by atoms with Crippen LogP contribution >= 0.6 is 0 Å². The van der Waals surface area contributed by atoms with Crippen molar-refractivity contribution in [3.63, 3.8) is 0 Å². The number of carbonyl (C=O) groups excluding carboxylic acids is 2. The van der Waals surface area contributed by atoms with Crippen LogP contribution in [-0.2, 0) is 20.7 Å². The van der Waals surface area contributed by atoms with E-state index in [9.17, 15) is 19.7 Å². The molecule has 0 aliphatic heterocycles. The first-order valence-electron chi connectivity index (χ1n) is 9.68. The number of carbonyl (C=O) groups is 2. The Morgan fingerprint density at radius 2 is 1.81 bits per heavy atom. The van der Waals surface area contributed by atoms with Crippen molar-refractivity contribution in [1.29, 1.82) is 0 Å². The summed E-state index contributed by atoms with van der Waals surface area (Å²) in [7, 11) is 0. The molecular formula is C22H22N4O5. The van der Waals surface area contributed by atoms with E-state index in [1.807, 2.05) is 30.3 Å². The van der Waals surface area contributed by atoms with E-state index in [0.717, 1.165) is 5.69 Å². The Morgan fingerprint density at radius 3 is 2.42 bits per heavy atom. The van der Waals surface area contributed by atoms with Gasteiger partial charge < -0.3 is 10.1 Å². The molecule has 9 nitrogen and oxygen atoms in total. The SMILES string of the molecule is CC(C)OC(=O)CNC(=O)Cc1cn(-c2ccccc2)nc1-c1ccc([N+](=O)[O-])cc1. The zero-order valence-corrected chi connectivity index (χ0v) is 17.1. The van der Waals surface area contributed by atoms with Crippen molar-refractivity contribution in [2.24, 2.45) is 0 Å². The van der Waals surface area contributed by atoms with E-state index in [1.165, 1.54) is 12.1 Å². The molecule has 160 valence electrons. The van der Waals surface area contributed by atoms with Crippen LogP contribution in [0.1, 0.15) is 19.4 Å². The molecule has 1 N–H and O–H groups in total. The molecule has 0 spiro atoms. The van der Waals surface area contributed by atoms with Crippen LogP contribution in [0.4, 0.5) is 5.69 Å². The Kier molecular flexibility index (Phi) is 6.76. The number of nitrogens with one attached hydrogen (secondary N) is 1. The highest BCUT2D eigenvalue weighted by molar-refractivity contribution is 5.85. The monoisotopic (exact) mass is 422 g/mol. The normalized spacial score (nSPS) is 10.7. The lowest BCUT2D eigenvalue weighted by Gasteiger charge is -2.09. The second kappa shape index (κ2) is 9.66. The Morgan fingerprint density at radius 1 is 1.13 bits per heavy atom. The first kappa shape index (κ1) is 21.7. The van der Waals surface area contributed by atoms with E-state index in [-0.39, 0.29) is 30.7 Å². The third-order valence-corrected chi connectivity index (χ3v) is 4.31. The van der Waals surface area contributed by atoms with E-state index in [0.29, 0.717) is 16.8 Å². The Labute approximate surface area is 178 Å². The Balaban J connectivity index is 1.85. The van der Waals surface area contributed by atoms with Gasteiger partial charge in [-0.15, -0.1) is 0 Å². The number of para-hydroxylation sites is 1. The molecule has 2 aromatic carbocycles. The predicted molar refractivity (Wildman–Crippen MR) is 114 cm³/mol. The molecule has 0 bridgehead atoms. The van der Waals surface area contributed by atoms with Crippen molar-refractivity contribution >= 4 is 17.6 Å². The molecule has 9 heteroatoms. The summed E-state index contributed by atoms with van der Waals surface area (Å²) in [6.07, 6.45) is 1.45. The fraction of sp³-hybridized carbons (Fsp3) is 0.227. The Hall–Kier alpha value is -4.01. The van der Waals surface area contributed by atoms with Gasteiger partial charge in [0.05, 0.1) is 28.8 Å². The molecule has 0 aliphatic rings. The van der Waals surface area contributed by atoms with Gasteiger partial charge in [-0.3, -0.25) is 19.7 Å². The van der Waals surface area contributed by atoms with Crippen LogP contribution in [0, 0.1) is 10.1 Å². The number of nitro benzene ring substituents is 1. The minimum absolute atomic E-state index is 0.0197. The second-order valence-electron chi connectivity index (χ2n) is 7.08. The van der Waals surface area contributed by atoms with Gasteiger partial charge in [-0.25, -0.2) is 4.68 Å². The minimum Gasteiger partial charge on any atom is -0.462 e. The summed E-state index contributed by atoms with van der Waals surface area (Å²) in [4.78, 5) is 34.6. The van der Waals surface area contributed by atoms with Gasteiger partial charge in [-0.2, -0.15) is 5.10 Å². The second-order valence-corrected chi connectivity index (χ2v) is 7.08. The molecule has 31 heavy (non-hydrogen) atoms. The first-order valence-corrected chi connectivity index (χ1v) is 9.68. The first-order chi connectivity index (χ1) is 14.8. The average Bonchev–Trinajstić information content (AvgIpc) is 3.16. The van der Waals surface area contributed by atoms with E-state index >= 15 is 0 Å². The van der Waals surface area contributed by atoms with Crippen LogP contribution < -0.4 is 5.32 Å². The summed E-state index contributed by atoms with van der Waals surface area (Å²) < 4.78 is 6.66. The van der Waals surface area contributed by atoms with Crippen molar-refractivity contribution in [3.8, 4) is 16.9 Å². The lowest BCUT2D eigenvalue weighted by atomic mass is 10.1. The molecule has 1 aromatic heterocycles. The van der Waals surface area contributed by atoms with Gasteiger partial charge in [-0.1, -0.05) is 18.2 Å². The van der Waals surface area contributed by atoms with Crippen LogP contribution in [0.3, 0.4) is 0 Å². The number of hydrogen-bond donors (Lipinski definition) is 1. The van der Waals surface area contributed by atoms with Crippen LogP contribution in [0.25, 0.3) is 16.9 Å². The van der Waals surface area contributed by atoms with Gasteiger partial charge in [-0.05, 0) is 38.1 Å². The van der Waals surface area contributed by atoms with E-state index in [1.54, 1.807) is 36.9 Å². The van der Waals surface area contributed by atoms with E-state index in [4.69, 9.17) is 4.74 Å². The number of aromatic nitrogens is 2. The number of non-ortho nitro benzene ring substituents is 1. The topological polar surface area (TPSA) is 116 Å². The molecule has 0 atom stereocenters. The highest BCUT2D eigenvalue weighted by atomic mass is 16.6. The molecule has 3 rings (SSSR count). The zero-order chi connectivity index (χ0) is 22.4. The average molecular weight is 422 g/mol. The molecule has 0 unspecified atom stereocenters. The standard InChI is InChI=1S/C22H22N4O5/c1-15(2)31-21(28)13-23-20(27)12-17-14-25(18-6-4-3-5-7-18)24-22(17)16-8-10-19(11-9-16)26(29)30/h3-11,14-15H,12-13H2,1-2H3,(H,23,27). The fourth-order valence-electron chi connectivity index (χ4n) is 2.95. The number of nitrogens with zero attached hydrogens (tertiary/aromatic N) is 3. The molecule has 0 aliphatic carbocycles. The van der Waals surface area contributed by atoms with Gasteiger partial charge in [0, 0.05) is 29.5 Å². The van der Waals surface area contributed by atoms with Crippen LogP contribution in [0.5, 0.6) is 0 Å². The largest absolute Gasteiger partial charge is 0.462 e. The summed E-state index contributed by atoms with van der Waals surface area (Å²) in [6, 6.07) is 15.3. The number of benzene rings is 2. The fourth-order valence-corrected chi connectivity index (χ4v) is 2.95. The smallest absolute Gasteiger partial charge is 0.325 e. The van der Waals surface area contributed by atoms with Crippen LogP contribution in [0.2, 0.25) is 0 Å². The summed E-state index contributed by atoms with van der Waals surface area (Å²) in [5, 5.41) is 18.1. The van der Waals surface area contributed by atoms with Crippen molar-refractivity contribution in [2.45, 2.75) is 26.4 Å². The van der Waals surface area contributed by atoms with E-state index < -0.39 is 10.9 Å². The number of ether oxygens (including phenoxy) is 1. The zero-order valence-electron chi connectivity index (χ0n) is 17.1. The lowest BCUT2D eigenvalue weighted by molar-refractivity contribution is -0.384. The van der Waals surface area contributed by atoms with Gasteiger partial charge in [0.2, 0.25) is 5.91 Å². The summed E-state index contributed by atoms with van der Waals surface area (Å²) in [5.74, 6) is -0.879. The molecule has 0 saturated heterocycles.